The van der Waals surface area contributed by atoms with Gasteiger partial charge in [0.1, 0.15) is 5.54 Å². The molecule has 0 aromatic heterocycles. The minimum atomic E-state index is -4.28. The normalized spacial score (nSPS) is 19.3. The number of hydrogen-bond donors (Lipinski definition) is 1. The van der Waals surface area contributed by atoms with Gasteiger partial charge >= 0.3 is 6.18 Å². The molecule has 0 rings (SSSR count). The molecule has 0 aliphatic heterocycles. The van der Waals surface area contributed by atoms with Crippen LogP contribution in [0.25, 0.3) is 0 Å². The van der Waals surface area contributed by atoms with Crippen molar-refractivity contribution in [3.63, 3.8) is 0 Å². The van der Waals surface area contributed by atoms with Crippen molar-refractivity contribution >= 4 is 0 Å². The summed E-state index contributed by atoms with van der Waals surface area (Å²) in [7, 11) is 0. The molecule has 56 valence electrons. The van der Waals surface area contributed by atoms with Crippen molar-refractivity contribution in [3.05, 3.63) is 0 Å². The van der Waals surface area contributed by atoms with Gasteiger partial charge in [0.15, 0.2) is 0 Å². The first-order chi connectivity index (χ1) is 3.81. The van der Waals surface area contributed by atoms with Crippen LogP contribution in [0.15, 0.2) is 0 Å². The molecule has 0 saturated carbocycles. The standard InChI is InChI=1S/C5H10F3N/c1-3-4(2,9)5(6,7)8/h3,9H2,1-2H3/t4-/m0/s1. The summed E-state index contributed by atoms with van der Waals surface area (Å²) in [5.41, 5.74) is 2.85. The van der Waals surface area contributed by atoms with Gasteiger partial charge in [-0.2, -0.15) is 13.2 Å². The summed E-state index contributed by atoms with van der Waals surface area (Å²) in [4.78, 5) is 0. The molecule has 1 atom stereocenters. The van der Waals surface area contributed by atoms with Gasteiger partial charge in [-0.15, -0.1) is 0 Å². The Bertz CT molecular complexity index is 94.9. The van der Waals surface area contributed by atoms with Crippen molar-refractivity contribution in [1.82, 2.24) is 0 Å². The van der Waals surface area contributed by atoms with Gasteiger partial charge in [-0.25, -0.2) is 0 Å². The van der Waals surface area contributed by atoms with E-state index in [1.165, 1.54) is 6.92 Å². The lowest BCUT2D eigenvalue weighted by atomic mass is 10.0. The minimum absolute atomic E-state index is 0.0868. The van der Waals surface area contributed by atoms with Gasteiger partial charge in [-0.05, 0) is 13.3 Å². The molecule has 2 N–H and O–H groups in total. The average Bonchev–Trinajstić information content (AvgIpc) is 1.64. The molecule has 0 aromatic carbocycles. The first-order valence-corrected chi connectivity index (χ1v) is 2.67. The molecular weight excluding hydrogens is 131 g/mol. The lowest BCUT2D eigenvalue weighted by Gasteiger charge is -2.25. The second-order valence-electron chi connectivity index (χ2n) is 2.27. The molecule has 4 heteroatoms. The highest BCUT2D eigenvalue weighted by atomic mass is 19.4. The summed E-state index contributed by atoms with van der Waals surface area (Å²) < 4.78 is 35.1. The third-order valence-electron chi connectivity index (χ3n) is 1.38. The SMILES string of the molecule is CC[C@](C)(N)C(F)(F)F. The number of rotatable bonds is 1. The lowest BCUT2D eigenvalue weighted by Crippen LogP contribution is -2.49. The summed E-state index contributed by atoms with van der Waals surface area (Å²) in [5, 5.41) is 0. The fourth-order valence-corrected chi connectivity index (χ4v) is 0.200. The largest absolute Gasteiger partial charge is 0.406 e. The Morgan fingerprint density at radius 1 is 1.33 bits per heavy atom. The maximum atomic E-state index is 11.7. The van der Waals surface area contributed by atoms with E-state index >= 15 is 0 Å². The summed E-state index contributed by atoms with van der Waals surface area (Å²) in [6.07, 6.45) is -4.36. The molecule has 0 fully saturated rings. The molecule has 0 saturated heterocycles. The minimum Gasteiger partial charge on any atom is -0.318 e. The molecule has 0 radical (unpaired) electrons. The summed E-state index contributed by atoms with van der Waals surface area (Å²) in [6, 6.07) is 0. The molecule has 0 spiro atoms. The van der Waals surface area contributed by atoms with Crippen molar-refractivity contribution in [3.8, 4) is 0 Å². The Balaban J connectivity index is 4.14. The molecule has 0 amide bonds. The summed E-state index contributed by atoms with van der Waals surface area (Å²) in [6.45, 7) is 2.39. The predicted molar refractivity (Wildman–Crippen MR) is 28.9 cm³/mol. The Hall–Kier alpha value is -0.250. The fraction of sp³-hybridized carbons (Fsp3) is 1.00. The summed E-state index contributed by atoms with van der Waals surface area (Å²) in [5.74, 6) is 0. The highest BCUT2D eigenvalue weighted by Gasteiger charge is 2.46. The second-order valence-corrected chi connectivity index (χ2v) is 2.27. The van der Waals surface area contributed by atoms with Crippen LogP contribution in [-0.2, 0) is 0 Å². The molecule has 0 bridgehead atoms. The van der Waals surface area contributed by atoms with Crippen molar-refractivity contribution in [2.75, 3.05) is 0 Å². The first-order valence-electron chi connectivity index (χ1n) is 2.67. The molecule has 0 heterocycles. The van der Waals surface area contributed by atoms with E-state index in [9.17, 15) is 13.2 Å². The Labute approximate surface area is 52.0 Å². The highest BCUT2D eigenvalue weighted by molar-refractivity contribution is 4.84. The lowest BCUT2D eigenvalue weighted by molar-refractivity contribution is -0.181. The molecular formula is C5H10F3N. The van der Waals surface area contributed by atoms with Crippen LogP contribution < -0.4 is 5.73 Å². The van der Waals surface area contributed by atoms with Crippen molar-refractivity contribution in [1.29, 1.82) is 0 Å². The van der Waals surface area contributed by atoms with Crippen LogP contribution in [-0.4, -0.2) is 11.7 Å². The quantitative estimate of drug-likeness (QED) is 0.590. The van der Waals surface area contributed by atoms with E-state index in [1.54, 1.807) is 0 Å². The fourth-order valence-electron chi connectivity index (χ4n) is 0.200. The van der Waals surface area contributed by atoms with Gasteiger partial charge in [0.25, 0.3) is 0 Å². The van der Waals surface area contributed by atoms with Gasteiger partial charge < -0.3 is 5.73 Å². The van der Waals surface area contributed by atoms with Gasteiger partial charge in [-0.3, -0.25) is 0 Å². The molecule has 0 unspecified atom stereocenters. The van der Waals surface area contributed by atoms with E-state index in [0.29, 0.717) is 0 Å². The smallest absolute Gasteiger partial charge is 0.318 e. The third kappa shape index (κ3) is 1.86. The van der Waals surface area contributed by atoms with E-state index < -0.39 is 11.7 Å². The van der Waals surface area contributed by atoms with Crippen LogP contribution in [0.1, 0.15) is 20.3 Å². The zero-order chi connectivity index (χ0) is 7.71. The van der Waals surface area contributed by atoms with Crippen LogP contribution >= 0.6 is 0 Å². The van der Waals surface area contributed by atoms with E-state index in [0.717, 1.165) is 6.92 Å². The molecule has 0 aliphatic rings. The summed E-state index contributed by atoms with van der Waals surface area (Å²) >= 11 is 0. The zero-order valence-corrected chi connectivity index (χ0v) is 5.42. The van der Waals surface area contributed by atoms with E-state index in [4.69, 9.17) is 5.73 Å². The van der Waals surface area contributed by atoms with Gasteiger partial charge in [0.05, 0.1) is 0 Å². The maximum Gasteiger partial charge on any atom is 0.406 e. The van der Waals surface area contributed by atoms with Crippen LogP contribution in [0.3, 0.4) is 0 Å². The van der Waals surface area contributed by atoms with Gasteiger partial charge in [0, 0.05) is 0 Å². The first kappa shape index (κ1) is 8.75. The number of nitrogens with two attached hydrogens (primary N) is 1. The van der Waals surface area contributed by atoms with E-state index in [1.807, 2.05) is 0 Å². The van der Waals surface area contributed by atoms with Crippen molar-refractivity contribution in [2.24, 2.45) is 5.73 Å². The second kappa shape index (κ2) is 2.17. The van der Waals surface area contributed by atoms with Gasteiger partial charge in [0.2, 0.25) is 0 Å². The molecule has 0 aliphatic carbocycles. The number of halogens is 3. The van der Waals surface area contributed by atoms with Crippen LogP contribution in [0.4, 0.5) is 13.2 Å². The topological polar surface area (TPSA) is 26.0 Å². The average molecular weight is 141 g/mol. The Morgan fingerprint density at radius 2 is 1.67 bits per heavy atom. The van der Waals surface area contributed by atoms with E-state index in [-0.39, 0.29) is 6.42 Å². The van der Waals surface area contributed by atoms with Gasteiger partial charge in [-0.1, -0.05) is 6.92 Å². The number of alkyl halides is 3. The van der Waals surface area contributed by atoms with Crippen LogP contribution in [0.5, 0.6) is 0 Å². The molecule has 9 heavy (non-hydrogen) atoms. The van der Waals surface area contributed by atoms with Crippen molar-refractivity contribution < 1.29 is 13.2 Å². The van der Waals surface area contributed by atoms with Crippen molar-refractivity contribution in [2.45, 2.75) is 32.0 Å². The Kier molecular flexibility index (Phi) is 2.11. The molecule has 1 nitrogen and oxygen atoms in total. The zero-order valence-electron chi connectivity index (χ0n) is 5.42. The van der Waals surface area contributed by atoms with E-state index in [2.05, 4.69) is 0 Å². The number of hydrogen-bond acceptors (Lipinski definition) is 1. The Morgan fingerprint density at radius 3 is 1.67 bits per heavy atom. The maximum absolute atomic E-state index is 11.7. The predicted octanol–water partition coefficient (Wildman–Crippen LogP) is 1.68. The van der Waals surface area contributed by atoms with Crippen LogP contribution in [0, 0.1) is 0 Å². The molecule has 0 aromatic rings. The van der Waals surface area contributed by atoms with Crippen LogP contribution in [0.2, 0.25) is 0 Å². The third-order valence-corrected chi connectivity index (χ3v) is 1.38. The highest BCUT2D eigenvalue weighted by Crippen LogP contribution is 2.29. The monoisotopic (exact) mass is 141 g/mol.